The Bertz CT molecular complexity index is 837. The molecule has 0 spiro atoms. The molecule has 0 aliphatic rings. The summed E-state index contributed by atoms with van der Waals surface area (Å²) in [5, 5.41) is 8.46. The van der Waals surface area contributed by atoms with Crippen molar-refractivity contribution in [3.8, 4) is 11.3 Å². The number of benzene rings is 1. The van der Waals surface area contributed by atoms with E-state index in [1.165, 1.54) is 12.1 Å². The molecule has 2 heterocycles. The third-order valence-electron chi connectivity index (χ3n) is 3.68. The second kappa shape index (κ2) is 6.66. The molecule has 7 heteroatoms. The average Bonchev–Trinajstić information content (AvgIpc) is 3.17. The molecule has 0 N–H and O–H groups in total. The minimum atomic E-state index is -0.287. The number of aromatic nitrogens is 4. The predicted octanol–water partition coefficient (Wildman–Crippen LogP) is 2.08. The van der Waals surface area contributed by atoms with E-state index >= 15 is 0 Å². The third-order valence-corrected chi connectivity index (χ3v) is 3.68. The number of carbonyl (C=O) groups is 1. The largest absolute Gasteiger partial charge is 0.340 e. The zero-order valence-corrected chi connectivity index (χ0v) is 13.6. The number of carbonyl (C=O) groups excluding carboxylic acids is 1. The van der Waals surface area contributed by atoms with Crippen LogP contribution in [0.2, 0.25) is 0 Å². The third kappa shape index (κ3) is 3.68. The Morgan fingerprint density at radius 3 is 2.67 bits per heavy atom. The highest BCUT2D eigenvalue weighted by Crippen LogP contribution is 2.17. The lowest BCUT2D eigenvalue weighted by Gasteiger charge is -2.16. The van der Waals surface area contributed by atoms with Gasteiger partial charge in [-0.3, -0.25) is 14.2 Å². The molecule has 0 fully saturated rings. The van der Waals surface area contributed by atoms with Crippen molar-refractivity contribution in [3.05, 3.63) is 60.3 Å². The van der Waals surface area contributed by atoms with Crippen LogP contribution in [0.25, 0.3) is 11.3 Å². The number of likely N-dealkylation sites (N-methyl/N-ethyl adjacent to an activating group) is 1. The van der Waals surface area contributed by atoms with Gasteiger partial charge in [0.2, 0.25) is 5.91 Å². The van der Waals surface area contributed by atoms with E-state index in [-0.39, 0.29) is 18.3 Å². The maximum atomic E-state index is 13.0. The lowest BCUT2D eigenvalue weighted by Crippen LogP contribution is -2.29. The fourth-order valence-corrected chi connectivity index (χ4v) is 2.40. The van der Waals surface area contributed by atoms with Gasteiger partial charge in [0, 0.05) is 44.2 Å². The fraction of sp³-hybridized carbons (Fsp3) is 0.235. The first kappa shape index (κ1) is 15.9. The summed E-state index contributed by atoms with van der Waals surface area (Å²) >= 11 is 0. The van der Waals surface area contributed by atoms with Gasteiger partial charge >= 0.3 is 0 Å². The van der Waals surface area contributed by atoms with Crippen LogP contribution in [0.4, 0.5) is 4.39 Å². The molecule has 0 radical (unpaired) electrons. The van der Waals surface area contributed by atoms with E-state index in [0.29, 0.717) is 12.2 Å². The number of aryl methyl sites for hydroxylation is 1. The van der Waals surface area contributed by atoms with E-state index in [4.69, 9.17) is 0 Å². The normalized spacial score (nSPS) is 10.8. The summed E-state index contributed by atoms with van der Waals surface area (Å²) in [6.45, 7) is 0.650. The van der Waals surface area contributed by atoms with Crippen molar-refractivity contribution in [2.45, 2.75) is 13.1 Å². The molecule has 1 aromatic carbocycles. The van der Waals surface area contributed by atoms with Crippen LogP contribution in [-0.4, -0.2) is 37.4 Å². The molecule has 24 heavy (non-hydrogen) atoms. The summed E-state index contributed by atoms with van der Waals surface area (Å²) in [5.41, 5.74) is 2.49. The Morgan fingerprint density at radius 2 is 2.00 bits per heavy atom. The summed E-state index contributed by atoms with van der Waals surface area (Å²) in [6, 6.07) is 7.92. The Hall–Kier alpha value is -2.96. The van der Waals surface area contributed by atoms with Crippen LogP contribution < -0.4 is 0 Å². The van der Waals surface area contributed by atoms with E-state index < -0.39 is 0 Å². The van der Waals surface area contributed by atoms with Gasteiger partial charge in [0.25, 0.3) is 0 Å². The van der Waals surface area contributed by atoms with E-state index in [1.54, 1.807) is 45.8 Å². The van der Waals surface area contributed by atoms with Gasteiger partial charge in [-0.25, -0.2) is 4.39 Å². The van der Waals surface area contributed by atoms with Crippen LogP contribution >= 0.6 is 0 Å². The molecule has 0 aliphatic heterocycles. The summed E-state index contributed by atoms with van der Waals surface area (Å²) in [6.07, 6.45) is 5.36. The molecule has 0 bridgehead atoms. The van der Waals surface area contributed by atoms with Crippen LogP contribution in [0, 0.1) is 5.82 Å². The summed E-state index contributed by atoms with van der Waals surface area (Å²) in [4.78, 5) is 13.9. The molecular weight excluding hydrogens is 309 g/mol. The molecule has 0 atom stereocenters. The smallest absolute Gasteiger partial charge is 0.244 e. The van der Waals surface area contributed by atoms with E-state index in [9.17, 15) is 9.18 Å². The Balaban J connectivity index is 1.63. The van der Waals surface area contributed by atoms with Gasteiger partial charge in [-0.05, 0) is 30.3 Å². The minimum absolute atomic E-state index is 0.0485. The molecule has 3 rings (SSSR count). The lowest BCUT2D eigenvalue weighted by molar-refractivity contribution is -0.131. The highest BCUT2D eigenvalue weighted by Gasteiger charge is 2.12. The number of amides is 1. The van der Waals surface area contributed by atoms with Crippen molar-refractivity contribution in [2.24, 2.45) is 7.05 Å². The molecule has 0 saturated carbocycles. The van der Waals surface area contributed by atoms with Crippen LogP contribution in [0.3, 0.4) is 0 Å². The topological polar surface area (TPSA) is 56.0 Å². The van der Waals surface area contributed by atoms with Crippen LogP contribution in [-0.2, 0) is 24.9 Å². The van der Waals surface area contributed by atoms with Gasteiger partial charge < -0.3 is 4.90 Å². The fourth-order valence-electron chi connectivity index (χ4n) is 2.40. The standard InChI is InChI=1S/C17H18FN5O/c1-21(10-13-9-19-22(2)11-13)17(24)12-23-8-7-16(20-23)14-3-5-15(18)6-4-14/h3-9,11H,10,12H2,1-2H3. The monoisotopic (exact) mass is 327 g/mol. The summed E-state index contributed by atoms with van der Waals surface area (Å²) in [7, 11) is 3.59. The van der Waals surface area contributed by atoms with Crippen molar-refractivity contribution in [2.75, 3.05) is 7.05 Å². The Morgan fingerprint density at radius 1 is 1.25 bits per heavy atom. The second-order valence-corrected chi connectivity index (χ2v) is 5.68. The Kier molecular flexibility index (Phi) is 4.41. The van der Waals surface area contributed by atoms with Gasteiger partial charge in [-0.2, -0.15) is 10.2 Å². The van der Waals surface area contributed by atoms with Crippen LogP contribution in [0.1, 0.15) is 5.56 Å². The zero-order chi connectivity index (χ0) is 17.1. The van der Waals surface area contributed by atoms with Gasteiger partial charge in [-0.15, -0.1) is 0 Å². The maximum Gasteiger partial charge on any atom is 0.244 e. The SMILES string of the molecule is CN(Cc1cnn(C)c1)C(=O)Cn1ccc(-c2ccc(F)cc2)n1. The molecule has 3 aromatic rings. The number of rotatable bonds is 5. The van der Waals surface area contributed by atoms with Crippen molar-refractivity contribution in [1.29, 1.82) is 0 Å². The van der Waals surface area contributed by atoms with Gasteiger partial charge in [0.05, 0.1) is 11.9 Å². The molecule has 1 amide bonds. The minimum Gasteiger partial charge on any atom is -0.340 e. The van der Waals surface area contributed by atoms with Crippen molar-refractivity contribution >= 4 is 5.91 Å². The van der Waals surface area contributed by atoms with Crippen molar-refractivity contribution in [1.82, 2.24) is 24.5 Å². The first-order chi connectivity index (χ1) is 11.5. The molecule has 0 unspecified atom stereocenters. The predicted molar refractivity (Wildman–Crippen MR) is 87.3 cm³/mol. The zero-order valence-electron chi connectivity index (χ0n) is 13.6. The molecule has 6 nitrogen and oxygen atoms in total. The van der Waals surface area contributed by atoms with E-state index in [0.717, 1.165) is 11.1 Å². The summed E-state index contributed by atoms with van der Waals surface area (Å²) in [5.74, 6) is -0.335. The summed E-state index contributed by atoms with van der Waals surface area (Å²) < 4.78 is 16.3. The van der Waals surface area contributed by atoms with E-state index in [2.05, 4.69) is 10.2 Å². The molecular formula is C17H18FN5O. The van der Waals surface area contributed by atoms with Gasteiger partial charge in [0.1, 0.15) is 12.4 Å². The van der Waals surface area contributed by atoms with Crippen LogP contribution in [0.15, 0.2) is 48.9 Å². The quantitative estimate of drug-likeness (QED) is 0.721. The molecule has 124 valence electrons. The van der Waals surface area contributed by atoms with Crippen molar-refractivity contribution in [3.63, 3.8) is 0 Å². The molecule has 0 aliphatic carbocycles. The van der Waals surface area contributed by atoms with Crippen LogP contribution in [0.5, 0.6) is 0 Å². The highest BCUT2D eigenvalue weighted by atomic mass is 19.1. The van der Waals surface area contributed by atoms with Crippen molar-refractivity contribution < 1.29 is 9.18 Å². The average molecular weight is 327 g/mol. The highest BCUT2D eigenvalue weighted by molar-refractivity contribution is 5.75. The van der Waals surface area contributed by atoms with E-state index in [1.807, 2.05) is 19.3 Å². The first-order valence-corrected chi connectivity index (χ1v) is 7.52. The molecule has 2 aromatic heterocycles. The number of halogens is 1. The molecule has 0 saturated heterocycles. The number of nitrogens with zero attached hydrogens (tertiary/aromatic N) is 5. The number of hydrogen-bond donors (Lipinski definition) is 0. The van der Waals surface area contributed by atoms with Gasteiger partial charge in [0.15, 0.2) is 0 Å². The second-order valence-electron chi connectivity index (χ2n) is 5.68. The first-order valence-electron chi connectivity index (χ1n) is 7.52. The maximum absolute atomic E-state index is 13.0. The Labute approximate surface area is 139 Å². The van der Waals surface area contributed by atoms with Gasteiger partial charge in [-0.1, -0.05) is 0 Å². The number of hydrogen-bond acceptors (Lipinski definition) is 3. The lowest BCUT2D eigenvalue weighted by atomic mass is 10.1.